The van der Waals surface area contributed by atoms with Crippen LogP contribution in [0.3, 0.4) is 0 Å². The fourth-order valence-electron chi connectivity index (χ4n) is 6.21. The Morgan fingerprint density at radius 3 is 1.85 bits per heavy atom. The summed E-state index contributed by atoms with van der Waals surface area (Å²) in [6.45, 7) is 0. The second-order valence-corrected chi connectivity index (χ2v) is 11.6. The molecule has 0 aliphatic heterocycles. The Balaban J connectivity index is 1.25. The Morgan fingerprint density at radius 1 is 0.489 bits per heavy atom. The van der Waals surface area contributed by atoms with Gasteiger partial charge in [-0.15, -0.1) is 0 Å². The van der Waals surface area contributed by atoms with Crippen molar-refractivity contribution in [2.24, 2.45) is 7.05 Å². The van der Waals surface area contributed by atoms with Crippen LogP contribution in [0.5, 0.6) is 5.75 Å². The number of benzene rings is 5. The molecule has 0 bridgehead atoms. The smallest absolute Gasteiger partial charge is 0.163 e. The number of rotatable bonds is 6. The zero-order chi connectivity index (χ0) is 31.7. The summed E-state index contributed by atoms with van der Waals surface area (Å²) in [6.07, 6.45) is 3.55. The van der Waals surface area contributed by atoms with Crippen molar-refractivity contribution >= 4 is 11.0 Å². The predicted octanol–water partition coefficient (Wildman–Crippen LogP) is 10.1. The third-order valence-corrected chi connectivity index (χ3v) is 8.64. The lowest BCUT2D eigenvalue weighted by molar-refractivity contribution is 0.474. The van der Waals surface area contributed by atoms with Crippen LogP contribution in [0.25, 0.3) is 78.3 Å². The first-order valence-electron chi connectivity index (χ1n) is 15.6. The van der Waals surface area contributed by atoms with Crippen LogP contribution in [-0.2, 0) is 7.05 Å². The zero-order valence-corrected chi connectivity index (χ0v) is 25.7. The molecular weight excluding hydrogens is 576 g/mol. The van der Waals surface area contributed by atoms with Crippen LogP contribution in [0, 0.1) is 0 Å². The number of aryl methyl sites for hydroxylation is 1. The standard InChI is InChI=1S/C42H30N4O/c1-46-38-15-8-14-36(40(38)45-42(46)41-39(47)16-9-22-44-41)34-24-33(29-12-6-3-7-13-29)25-35(26-34)37-27-32(21-23-43-37)31-19-17-30(18-20-31)28-10-4-2-5-11-28/h2-27,47H,1H3. The first-order valence-corrected chi connectivity index (χ1v) is 15.6. The third kappa shape index (κ3) is 5.34. The van der Waals surface area contributed by atoms with Gasteiger partial charge in [-0.1, -0.05) is 97.1 Å². The number of para-hydroxylation sites is 1. The Bertz CT molecular complexity index is 2360. The summed E-state index contributed by atoms with van der Waals surface area (Å²) >= 11 is 0. The summed E-state index contributed by atoms with van der Waals surface area (Å²) in [6, 6.07) is 49.9. The van der Waals surface area contributed by atoms with Gasteiger partial charge in [0.05, 0.1) is 16.7 Å². The van der Waals surface area contributed by atoms with Crippen LogP contribution in [0.4, 0.5) is 0 Å². The molecule has 0 aliphatic carbocycles. The number of fused-ring (bicyclic) bond motifs is 1. The Labute approximate surface area is 273 Å². The van der Waals surface area contributed by atoms with Crippen LogP contribution >= 0.6 is 0 Å². The van der Waals surface area contributed by atoms with Gasteiger partial charge in [0.2, 0.25) is 0 Å². The zero-order valence-electron chi connectivity index (χ0n) is 25.7. The summed E-state index contributed by atoms with van der Waals surface area (Å²) in [7, 11) is 1.95. The van der Waals surface area contributed by atoms with Crippen LogP contribution in [-0.4, -0.2) is 24.6 Å². The second-order valence-electron chi connectivity index (χ2n) is 11.6. The van der Waals surface area contributed by atoms with E-state index in [-0.39, 0.29) is 5.75 Å². The molecule has 0 amide bonds. The highest BCUT2D eigenvalue weighted by Crippen LogP contribution is 2.38. The molecule has 0 aliphatic rings. The van der Waals surface area contributed by atoms with Gasteiger partial charge in [-0.3, -0.25) is 4.98 Å². The van der Waals surface area contributed by atoms with Crippen molar-refractivity contribution < 1.29 is 5.11 Å². The lowest BCUT2D eigenvalue weighted by Gasteiger charge is -2.12. The van der Waals surface area contributed by atoms with Crippen LogP contribution < -0.4 is 0 Å². The van der Waals surface area contributed by atoms with Crippen LogP contribution in [0.2, 0.25) is 0 Å². The first-order chi connectivity index (χ1) is 23.1. The van der Waals surface area contributed by atoms with Gasteiger partial charge in [0.25, 0.3) is 0 Å². The van der Waals surface area contributed by atoms with Crippen LogP contribution in [0.15, 0.2) is 158 Å². The predicted molar refractivity (Wildman–Crippen MR) is 191 cm³/mol. The summed E-state index contributed by atoms with van der Waals surface area (Å²) in [5.74, 6) is 0.708. The SMILES string of the molecule is Cn1c(-c2ncccc2O)nc2c(-c3cc(-c4ccccc4)cc(-c4cc(-c5ccc(-c6ccccc6)cc5)ccn4)c3)cccc21. The van der Waals surface area contributed by atoms with Gasteiger partial charge in [-0.05, 0) is 87.5 Å². The van der Waals surface area contributed by atoms with E-state index in [1.54, 1.807) is 18.3 Å². The van der Waals surface area contributed by atoms with Crippen molar-refractivity contribution in [3.8, 4) is 73.0 Å². The average molecular weight is 607 g/mol. The first kappa shape index (κ1) is 28.2. The minimum Gasteiger partial charge on any atom is -0.506 e. The lowest BCUT2D eigenvalue weighted by atomic mass is 9.93. The molecule has 8 rings (SSSR count). The van der Waals surface area contributed by atoms with E-state index in [1.165, 1.54) is 11.1 Å². The van der Waals surface area contributed by atoms with E-state index in [2.05, 4.69) is 114 Å². The molecule has 0 unspecified atom stereocenters. The maximum Gasteiger partial charge on any atom is 0.163 e. The number of aromatic hydroxyl groups is 1. The molecule has 3 aromatic heterocycles. The lowest BCUT2D eigenvalue weighted by Crippen LogP contribution is -1.94. The molecule has 0 fully saturated rings. The number of aromatic nitrogens is 4. The maximum atomic E-state index is 10.6. The highest BCUT2D eigenvalue weighted by atomic mass is 16.3. The van der Waals surface area contributed by atoms with Crippen molar-refractivity contribution in [3.63, 3.8) is 0 Å². The quantitative estimate of drug-likeness (QED) is 0.205. The normalized spacial score (nSPS) is 11.2. The largest absolute Gasteiger partial charge is 0.506 e. The molecule has 224 valence electrons. The van der Waals surface area contributed by atoms with Gasteiger partial charge < -0.3 is 9.67 Å². The van der Waals surface area contributed by atoms with E-state index in [0.29, 0.717) is 11.5 Å². The summed E-state index contributed by atoms with van der Waals surface area (Å²) in [5.41, 5.74) is 13.0. The topological polar surface area (TPSA) is 63.8 Å². The van der Waals surface area contributed by atoms with E-state index >= 15 is 0 Å². The fourth-order valence-corrected chi connectivity index (χ4v) is 6.21. The molecule has 5 aromatic carbocycles. The van der Waals surface area contributed by atoms with Crippen molar-refractivity contribution in [2.75, 3.05) is 0 Å². The fraction of sp³-hybridized carbons (Fsp3) is 0.0238. The van der Waals surface area contributed by atoms with Gasteiger partial charge in [0.15, 0.2) is 5.82 Å². The van der Waals surface area contributed by atoms with E-state index in [0.717, 1.165) is 55.7 Å². The van der Waals surface area contributed by atoms with Gasteiger partial charge in [-0.25, -0.2) is 9.97 Å². The molecule has 0 spiro atoms. The van der Waals surface area contributed by atoms with E-state index in [1.807, 2.05) is 42.1 Å². The van der Waals surface area contributed by atoms with Crippen LogP contribution in [0.1, 0.15) is 0 Å². The van der Waals surface area contributed by atoms with E-state index in [4.69, 9.17) is 9.97 Å². The van der Waals surface area contributed by atoms with Crippen molar-refractivity contribution in [2.45, 2.75) is 0 Å². The Morgan fingerprint density at radius 2 is 1.13 bits per heavy atom. The van der Waals surface area contributed by atoms with Gasteiger partial charge >= 0.3 is 0 Å². The molecule has 5 nitrogen and oxygen atoms in total. The summed E-state index contributed by atoms with van der Waals surface area (Å²) in [5, 5.41) is 10.6. The average Bonchev–Trinajstić information content (AvgIpc) is 3.48. The van der Waals surface area contributed by atoms with E-state index in [9.17, 15) is 5.11 Å². The minimum atomic E-state index is 0.0986. The molecule has 0 saturated carbocycles. The molecule has 47 heavy (non-hydrogen) atoms. The molecule has 0 saturated heterocycles. The second kappa shape index (κ2) is 11.9. The van der Waals surface area contributed by atoms with Gasteiger partial charge in [0.1, 0.15) is 11.4 Å². The highest BCUT2D eigenvalue weighted by molar-refractivity contribution is 5.96. The van der Waals surface area contributed by atoms with E-state index < -0.39 is 0 Å². The molecule has 0 radical (unpaired) electrons. The summed E-state index contributed by atoms with van der Waals surface area (Å²) in [4.78, 5) is 14.3. The molecule has 1 N–H and O–H groups in total. The number of pyridine rings is 2. The van der Waals surface area contributed by atoms with Gasteiger partial charge in [0, 0.05) is 30.6 Å². The van der Waals surface area contributed by atoms with Crippen molar-refractivity contribution in [1.29, 1.82) is 0 Å². The monoisotopic (exact) mass is 606 g/mol. The number of nitrogens with zero attached hydrogens (tertiary/aromatic N) is 4. The molecular formula is C42H30N4O. The van der Waals surface area contributed by atoms with Crippen molar-refractivity contribution in [3.05, 3.63) is 158 Å². The Hall–Kier alpha value is -6.33. The molecule has 0 atom stereocenters. The Kier molecular flexibility index (Phi) is 7.12. The van der Waals surface area contributed by atoms with Crippen molar-refractivity contribution in [1.82, 2.24) is 19.5 Å². The highest BCUT2D eigenvalue weighted by Gasteiger charge is 2.18. The maximum absolute atomic E-state index is 10.6. The number of hydrogen-bond donors (Lipinski definition) is 1. The molecule has 8 aromatic rings. The third-order valence-electron chi connectivity index (χ3n) is 8.64. The summed E-state index contributed by atoms with van der Waals surface area (Å²) < 4.78 is 1.98. The number of imidazole rings is 1. The van der Waals surface area contributed by atoms with Gasteiger partial charge in [-0.2, -0.15) is 0 Å². The minimum absolute atomic E-state index is 0.0986. The molecule has 5 heteroatoms. The molecule has 3 heterocycles. The number of hydrogen-bond acceptors (Lipinski definition) is 4.